The van der Waals surface area contributed by atoms with Gasteiger partial charge in [0.2, 0.25) is 17.7 Å². The first-order valence-corrected chi connectivity index (χ1v) is 9.40. The molecule has 1 aromatic heterocycles. The van der Waals surface area contributed by atoms with Crippen molar-refractivity contribution < 1.29 is 18.8 Å². The van der Waals surface area contributed by atoms with Crippen LogP contribution in [0.5, 0.6) is 0 Å². The van der Waals surface area contributed by atoms with Crippen LogP contribution in [0.3, 0.4) is 0 Å². The zero-order valence-electron chi connectivity index (χ0n) is 14.9. The number of rotatable bonds is 3. The van der Waals surface area contributed by atoms with Crippen LogP contribution >= 0.6 is 0 Å². The predicted molar refractivity (Wildman–Crippen MR) is 92.7 cm³/mol. The summed E-state index contributed by atoms with van der Waals surface area (Å²) in [6, 6.07) is 3.74. The third-order valence-electron chi connectivity index (χ3n) is 6.14. The number of nitrogens with zero attached hydrogens (tertiary/aromatic N) is 2. The van der Waals surface area contributed by atoms with Gasteiger partial charge in [-0.15, -0.1) is 0 Å². The molecule has 3 aliphatic rings. The minimum absolute atomic E-state index is 0.0313. The molecule has 26 heavy (non-hydrogen) atoms. The fourth-order valence-corrected chi connectivity index (χ4v) is 4.48. The second-order valence-corrected chi connectivity index (χ2v) is 7.86. The van der Waals surface area contributed by atoms with E-state index in [0.29, 0.717) is 39.0 Å². The van der Waals surface area contributed by atoms with E-state index >= 15 is 0 Å². The molecule has 140 valence electrons. The van der Waals surface area contributed by atoms with Crippen molar-refractivity contribution >= 4 is 17.7 Å². The average molecular weight is 359 g/mol. The van der Waals surface area contributed by atoms with Crippen molar-refractivity contribution in [2.24, 2.45) is 11.3 Å². The van der Waals surface area contributed by atoms with E-state index in [0.717, 1.165) is 31.6 Å². The highest BCUT2D eigenvalue weighted by Crippen LogP contribution is 2.41. The molecule has 3 aliphatic heterocycles. The van der Waals surface area contributed by atoms with Gasteiger partial charge in [-0.3, -0.25) is 14.4 Å². The molecule has 3 amide bonds. The molecule has 0 aliphatic carbocycles. The molecule has 7 nitrogen and oxygen atoms in total. The second-order valence-electron chi connectivity index (χ2n) is 7.86. The predicted octanol–water partition coefficient (Wildman–Crippen LogP) is 1.15. The van der Waals surface area contributed by atoms with E-state index in [-0.39, 0.29) is 29.1 Å². The summed E-state index contributed by atoms with van der Waals surface area (Å²) < 4.78 is 5.39. The molecule has 4 heterocycles. The maximum absolute atomic E-state index is 12.6. The lowest BCUT2D eigenvalue weighted by atomic mass is 9.72. The quantitative estimate of drug-likeness (QED) is 0.878. The lowest BCUT2D eigenvalue weighted by Gasteiger charge is -2.47. The van der Waals surface area contributed by atoms with Gasteiger partial charge in [0.05, 0.1) is 18.7 Å². The van der Waals surface area contributed by atoms with Crippen molar-refractivity contribution in [2.75, 3.05) is 26.2 Å². The van der Waals surface area contributed by atoms with E-state index in [1.807, 2.05) is 21.9 Å². The molecule has 3 saturated heterocycles. The van der Waals surface area contributed by atoms with Gasteiger partial charge < -0.3 is 19.5 Å². The molecule has 0 bridgehead atoms. The largest absolute Gasteiger partial charge is 0.467 e. The van der Waals surface area contributed by atoms with E-state index in [4.69, 9.17) is 4.42 Å². The van der Waals surface area contributed by atoms with Crippen LogP contribution in [-0.2, 0) is 20.9 Å². The van der Waals surface area contributed by atoms with Gasteiger partial charge in [0, 0.05) is 39.0 Å². The van der Waals surface area contributed by atoms with Crippen molar-refractivity contribution in [1.29, 1.82) is 0 Å². The van der Waals surface area contributed by atoms with Crippen LogP contribution in [0, 0.1) is 11.3 Å². The molecule has 3 fully saturated rings. The summed E-state index contributed by atoms with van der Waals surface area (Å²) >= 11 is 0. The van der Waals surface area contributed by atoms with Crippen molar-refractivity contribution in [3.8, 4) is 0 Å². The highest BCUT2D eigenvalue weighted by atomic mass is 16.3. The number of furan rings is 1. The summed E-state index contributed by atoms with van der Waals surface area (Å²) in [6.07, 6.45) is 5.23. The van der Waals surface area contributed by atoms with Crippen LogP contribution in [-0.4, -0.2) is 53.7 Å². The first-order chi connectivity index (χ1) is 12.5. The molecule has 0 aromatic carbocycles. The fourth-order valence-electron chi connectivity index (χ4n) is 4.48. The van der Waals surface area contributed by atoms with Crippen LogP contribution in [0.2, 0.25) is 0 Å². The van der Waals surface area contributed by atoms with Crippen LogP contribution in [0.25, 0.3) is 0 Å². The Balaban J connectivity index is 1.36. The summed E-state index contributed by atoms with van der Waals surface area (Å²) in [4.78, 5) is 40.1. The standard InChI is InChI=1S/C19H25N3O4/c23-16-10-14(11-20-16)18(25)21-7-5-19(6-8-21)4-3-17(24)22(13-19)12-15-2-1-9-26-15/h1-2,9,14H,3-8,10-13H2,(H,20,23). The normalized spacial score (nSPS) is 25.6. The number of nitrogens with one attached hydrogen (secondary N) is 1. The van der Waals surface area contributed by atoms with Crippen molar-refractivity contribution in [2.45, 2.75) is 38.6 Å². The first-order valence-electron chi connectivity index (χ1n) is 9.40. The smallest absolute Gasteiger partial charge is 0.227 e. The fraction of sp³-hybridized carbons (Fsp3) is 0.632. The van der Waals surface area contributed by atoms with Gasteiger partial charge >= 0.3 is 0 Å². The molecule has 7 heteroatoms. The minimum atomic E-state index is -0.208. The summed E-state index contributed by atoms with van der Waals surface area (Å²) in [6.45, 7) is 3.15. The molecule has 0 radical (unpaired) electrons. The van der Waals surface area contributed by atoms with Crippen molar-refractivity contribution in [3.63, 3.8) is 0 Å². The Morgan fingerprint density at radius 1 is 1.27 bits per heavy atom. The molecular weight excluding hydrogens is 334 g/mol. The van der Waals surface area contributed by atoms with Crippen LogP contribution in [0.1, 0.15) is 37.9 Å². The monoisotopic (exact) mass is 359 g/mol. The van der Waals surface area contributed by atoms with E-state index in [1.54, 1.807) is 6.26 Å². The van der Waals surface area contributed by atoms with Gasteiger partial charge in [0.25, 0.3) is 0 Å². The number of hydrogen-bond acceptors (Lipinski definition) is 4. The molecule has 1 spiro atoms. The molecule has 1 atom stereocenters. The zero-order valence-corrected chi connectivity index (χ0v) is 14.9. The van der Waals surface area contributed by atoms with Gasteiger partial charge in [-0.2, -0.15) is 0 Å². The Morgan fingerprint density at radius 2 is 2.08 bits per heavy atom. The molecule has 4 rings (SSSR count). The molecule has 1 unspecified atom stereocenters. The number of carbonyl (C=O) groups is 3. The molecule has 1 aromatic rings. The summed E-state index contributed by atoms with van der Waals surface area (Å²) in [5.74, 6) is 0.844. The highest BCUT2D eigenvalue weighted by Gasteiger charge is 2.43. The Labute approximate surface area is 152 Å². The Hall–Kier alpha value is -2.31. The third-order valence-corrected chi connectivity index (χ3v) is 6.14. The first kappa shape index (κ1) is 17.1. The van der Waals surface area contributed by atoms with Crippen molar-refractivity contribution in [1.82, 2.24) is 15.1 Å². The SMILES string of the molecule is O=C1CC(C(=O)N2CCC3(CCC(=O)N(Cc4ccco4)C3)CC2)CN1. The van der Waals surface area contributed by atoms with E-state index in [2.05, 4.69) is 5.32 Å². The lowest BCUT2D eigenvalue weighted by Crippen LogP contribution is -2.52. The third kappa shape index (κ3) is 3.34. The zero-order chi connectivity index (χ0) is 18.1. The highest BCUT2D eigenvalue weighted by molar-refractivity contribution is 5.89. The van der Waals surface area contributed by atoms with Gasteiger partial charge in [-0.25, -0.2) is 0 Å². The second kappa shape index (κ2) is 6.78. The van der Waals surface area contributed by atoms with Crippen LogP contribution < -0.4 is 5.32 Å². The summed E-state index contributed by atoms with van der Waals surface area (Å²) in [5.41, 5.74) is 0.0982. The minimum Gasteiger partial charge on any atom is -0.467 e. The van der Waals surface area contributed by atoms with E-state index in [1.165, 1.54) is 0 Å². The van der Waals surface area contributed by atoms with Crippen molar-refractivity contribution in [3.05, 3.63) is 24.2 Å². The number of piperidine rings is 2. The van der Waals surface area contributed by atoms with Crippen LogP contribution in [0.15, 0.2) is 22.8 Å². The summed E-state index contributed by atoms with van der Waals surface area (Å²) in [5, 5.41) is 2.74. The van der Waals surface area contributed by atoms with Gasteiger partial charge in [0.15, 0.2) is 0 Å². The van der Waals surface area contributed by atoms with Gasteiger partial charge in [-0.05, 0) is 36.8 Å². The van der Waals surface area contributed by atoms with Crippen LogP contribution in [0.4, 0.5) is 0 Å². The Bertz CT molecular complexity index is 692. The van der Waals surface area contributed by atoms with Gasteiger partial charge in [0.1, 0.15) is 5.76 Å². The lowest BCUT2D eigenvalue weighted by molar-refractivity contribution is -0.144. The number of amides is 3. The summed E-state index contributed by atoms with van der Waals surface area (Å²) in [7, 11) is 0. The Kier molecular flexibility index (Phi) is 4.46. The molecule has 0 saturated carbocycles. The maximum Gasteiger partial charge on any atom is 0.227 e. The van der Waals surface area contributed by atoms with E-state index < -0.39 is 0 Å². The average Bonchev–Trinajstić information content (AvgIpc) is 3.30. The molecule has 1 N–H and O–H groups in total. The van der Waals surface area contributed by atoms with Gasteiger partial charge in [-0.1, -0.05) is 0 Å². The number of carbonyl (C=O) groups excluding carboxylic acids is 3. The maximum atomic E-state index is 12.6. The Morgan fingerprint density at radius 3 is 2.73 bits per heavy atom. The number of hydrogen-bond donors (Lipinski definition) is 1. The number of likely N-dealkylation sites (tertiary alicyclic amines) is 2. The topological polar surface area (TPSA) is 82.9 Å². The molecular formula is C19H25N3O4. The van der Waals surface area contributed by atoms with E-state index in [9.17, 15) is 14.4 Å².